The Morgan fingerprint density at radius 1 is 1.22 bits per heavy atom. The molecule has 1 aliphatic rings. The van der Waals surface area contributed by atoms with Gasteiger partial charge in [-0.2, -0.15) is 4.31 Å². The summed E-state index contributed by atoms with van der Waals surface area (Å²) in [5.41, 5.74) is 0. The molecule has 1 aliphatic carbocycles. The second kappa shape index (κ2) is 5.72. The number of nitrogens with zero attached hydrogens (tertiary/aromatic N) is 1. The van der Waals surface area contributed by atoms with E-state index < -0.39 is 26.6 Å². The lowest BCUT2D eigenvalue weighted by atomic mass is 10.3. The van der Waals surface area contributed by atoms with Crippen LogP contribution in [0.5, 0.6) is 0 Å². The highest BCUT2D eigenvalue weighted by molar-refractivity contribution is 7.89. The van der Waals surface area contributed by atoms with E-state index in [1.54, 1.807) is 6.07 Å². The normalized spacial score (nSPS) is 20.9. The van der Waals surface area contributed by atoms with Crippen molar-refractivity contribution in [1.29, 1.82) is 0 Å². The smallest absolute Gasteiger partial charge is 0.243 e. The molecule has 23 heavy (non-hydrogen) atoms. The average Bonchev–Trinajstić information content (AvgIpc) is 3.01. The Labute approximate surface area is 133 Å². The molecular weight excluding hydrogens is 324 g/mol. The van der Waals surface area contributed by atoms with Crippen molar-refractivity contribution in [2.45, 2.75) is 30.7 Å². The van der Waals surface area contributed by atoms with E-state index in [4.69, 9.17) is 4.42 Å². The Balaban J connectivity index is 1.78. The van der Waals surface area contributed by atoms with Gasteiger partial charge in [0.05, 0.1) is 11.4 Å². The maximum Gasteiger partial charge on any atom is 0.243 e. The molecule has 0 radical (unpaired) electrons. The molecule has 0 unspecified atom stereocenters. The molecule has 1 heterocycles. The summed E-state index contributed by atoms with van der Waals surface area (Å²) in [7, 11) is -2.65. The van der Waals surface area contributed by atoms with Crippen LogP contribution >= 0.6 is 0 Å². The molecule has 1 fully saturated rings. The topological polar surface area (TPSA) is 50.5 Å². The molecule has 2 atom stereocenters. The third-order valence-corrected chi connectivity index (χ3v) is 5.86. The van der Waals surface area contributed by atoms with Crippen LogP contribution in [0.1, 0.15) is 30.8 Å². The minimum Gasteiger partial charge on any atom is -0.464 e. The van der Waals surface area contributed by atoms with Gasteiger partial charge in [-0.1, -0.05) is 6.92 Å². The van der Waals surface area contributed by atoms with E-state index in [9.17, 15) is 17.2 Å². The van der Waals surface area contributed by atoms with Crippen LogP contribution in [-0.2, 0) is 16.6 Å². The first-order valence-corrected chi connectivity index (χ1v) is 8.72. The predicted octanol–water partition coefficient (Wildman–Crippen LogP) is 3.50. The van der Waals surface area contributed by atoms with Gasteiger partial charge in [-0.05, 0) is 36.6 Å². The van der Waals surface area contributed by atoms with Gasteiger partial charge < -0.3 is 4.42 Å². The maximum absolute atomic E-state index is 13.2. The molecule has 124 valence electrons. The molecule has 0 spiro atoms. The molecule has 4 nitrogen and oxygen atoms in total. The highest BCUT2D eigenvalue weighted by atomic mass is 32.2. The molecule has 2 aromatic rings. The van der Waals surface area contributed by atoms with Crippen LogP contribution in [-0.4, -0.2) is 19.8 Å². The van der Waals surface area contributed by atoms with Crippen molar-refractivity contribution in [1.82, 2.24) is 4.31 Å². The monoisotopic (exact) mass is 341 g/mol. The minimum atomic E-state index is -3.99. The zero-order valence-electron chi connectivity index (χ0n) is 12.8. The number of hydrogen-bond donors (Lipinski definition) is 0. The van der Waals surface area contributed by atoms with E-state index in [2.05, 4.69) is 6.92 Å². The molecule has 0 N–H and O–H groups in total. The van der Waals surface area contributed by atoms with Crippen molar-refractivity contribution >= 4 is 10.0 Å². The zero-order chi connectivity index (χ0) is 16.8. The van der Waals surface area contributed by atoms with E-state index in [0.717, 1.165) is 28.6 Å². The summed E-state index contributed by atoms with van der Waals surface area (Å²) in [6, 6.07) is 5.82. The van der Waals surface area contributed by atoms with Crippen molar-refractivity contribution in [3.05, 3.63) is 53.5 Å². The van der Waals surface area contributed by atoms with E-state index in [1.807, 2.05) is 6.07 Å². The second-order valence-corrected chi connectivity index (χ2v) is 8.03. The average molecular weight is 341 g/mol. The van der Waals surface area contributed by atoms with E-state index in [0.29, 0.717) is 23.7 Å². The van der Waals surface area contributed by atoms with Gasteiger partial charge in [0, 0.05) is 19.0 Å². The summed E-state index contributed by atoms with van der Waals surface area (Å²) in [5.74, 6) is 0.491. The van der Waals surface area contributed by atoms with Crippen LogP contribution in [0.4, 0.5) is 8.78 Å². The highest BCUT2D eigenvalue weighted by Crippen LogP contribution is 2.47. The Bertz CT molecular complexity index is 811. The van der Waals surface area contributed by atoms with Crippen LogP contribution in [0.25, 0.3) is 0 Å². The van der Waals surface area contributed by atoms with Gasteiger partial charge in [0.15, 0.2) is 0 Å². The largest absolute Gasteiger partial charge is 0.464 e. The van der Waals surface area contributed by atoms with Crippen molar-refractivity contribution < 1.29 is 21.6 Å². The van der Waals surface area contributed by atoms with Gasteiger partial charge in [0.2, 0.25) is 10.0 Å². The quantitative estimate of drug-likeness (QED) is 0.836. The van der Waals surface area contributed by atoms with Crippen molar-refractivity contribution in [3.63, 3.8) is 0 Å². The Kier molecular flexibility index (Phi) is 4.01. The molecule has 1 aromatic carbocycles. The maximum atomic E-state index is 13.2. The highest BCUT2D eigenvalue weighted by Gasteiger charge is 2.36. The molecule has 1 aromatic heterocycles. The molecule has 0 amide bonds. The summed E-state index contributed by atoms with van der Waals surface area (Å²) in [6.07, 6.45) is 1.07. The summed E-state index contributed by atoms with van der Waals surface area (Å²) in [4.78, 5) is -0.417. The number of halogens is 2. The van der Waals surface area contributed by atoms with Crippen LogP contribution in [0.2, 0.25) is 0 Å². The number of furan rings is 1. The van der Waals surface area contributed by atoms with Gasteiger partial charge in [-0.3, -0.25) is 0 Å². The molecule has 0 aliphatic heterocycles. The minimum absolute atomic E-state index is 0.00155. The summed E-state index contributed by atoms with van der Waals surface area (Å²) >= 11 is 0. The zero-order valence-corrected chi connectivity index (χ0v) is 13.6. The van der Waals surface area contributed by atoms with E-state index >= 15 is 0 Å². The first kappa shape index (κ1) is 16.1. The summed E-state index contributed by atoms with van der Waals surface area (Å²) < 4.78 is 58.0. The summed E-state index contributed by atoms with van der Waals surface area (Å²) in [6.45, 7) is 2.13. The standard InChI is InChI=1S/C16H17F2NO3S/c1-10-5-15(10)16-4-3-13(22-16)9-19(2)23(20,21)14-7-11(17)6-12(18)8-14/h3-4,6-8,10,15H,5,9H2,1-2H3/t10-,15-/m1/s1. The Morgan fingerprint density at radius 3 is 2.39 bits per heavy atom. The lowest BCUT2D eigenvalue weighted by Gasteiger charge is -2.16. The van der Waals surface area contributed by atoms with Crippen molar-refractivity contribution in [3.8, 4) is 0 Å². The Morgan fingerprint density at radius 2 is 1.83 bits per heavy atom. The molecule has 7 heteroatoms. The van der Waals surface area contributed by atoms with E-state index in [1.165, 1.54) is 7.05 Å². The molecular formula is C16H17F2NO3S. The van der Waals surface area contributed by atoms with Crippen LogP contribution in [0, 0.1) is 17.6 Å². The SMILES string of the molecule is C[C@@H]1C[C@H]1c1ccc(CN(C)S(=O)(=O)c2cc(F)cc(F)c2)o1. The van der Waals surface area contributed by atoms with Gasteiger partial charge >= 0.3 is 0 Å². The lowest BCUT2D eigenvalue weighted by molar-refractivity contribution is 0.389. The second-order valence-electron chi connectivity index (χ2n) is 5.99. The Hall–Kier alpha value is -1.73. The number of hydrogen-bond acceptors (Lipinski definition) is 3. The number of rotatable bonds is 5. The fraction of sp³-hybridized carbons (Fsp3) is 0.375. The van der Waals surface area contributed by atoms with Crippen LogP contribution < -0.4 is 0 Å². The summed E-state index contributed by atoms with van der Waals surface area (Å²) in [5, 5.41) is 0. The van der Waals surface area contributed by atoms with Crippen LogP contribution in [0.15, 0.2) is 39.6 Å². The van der Waals surface area contributed by atoms with Gasteiger partial charge in [0.1, 0.15) is 23.2 Å². The first-order chi connectivity index (χ1) is 10.8. The van der Waals surface area contributed by atoms with Crippen LogP contribution in [0.3, 0.4) is 0 Å². The number of sulfonamides is 1. The molecule has 0 saturated heterocycles. The van der Waals surface area contributed by atoms with Crippen molar-refractivity contribution in [2.24, 2.45) is 5.92 Å². The van der Waals surface area contributed by atoms with Gasteiger partial charge in [0.25, 0.3) is 0 Å². The predicted molar refractivity (Wildman–Crippen MR) is 80.2 cm³/mol. The number of benzene rings is 1. The van der Waals surface area contributed by atoms with E-state index in [-0.39, 0.29) is 6.54 Å². The van der Waals surface area contributed by atoms with Gasteiger partial charge in [-0.15, -0.1) is 0 Å². The molecule has 1 saturated carbocycles. The third-order valence-electron chi connectivity index (χ3n) is 4.08. The fourth-order valence-electron chi connectivity index (χ4n) is 2.56. The van der Waals surface area contributed by atoms with Crippen molar-refractivity contribution in [2.75, 3.05) is 7.05 Å². The van der Waals surface area contributed by atoms with Gasteiger partial charge in [-0.25, -0.2) is 17.2 Å². The fourth-order valence-corrected chi connectivity index (χ4v) is 3.74. The lowest BCUT2D eigenvalue weighted by Crippen LogP contribution is -2.26. The third kappa shape index (κ3) is 3.30. The molecule has 3 rings (SSSR count). The molecule has 0 bridgehead atoms. The first-order valence-electron chi connectivity index (χ1n) is 7.28.